The second-order valence-electron chi connectivity index (χ2n) is 6.83. The molecule has 3 heterocycles. The molecule has 1 N–H and O–H groups in total. The summed E-state index contributed by atoms with van der Waals surface area (Å²) >= 11 is 0. The van der Waals surface area contributed by atoms with E-state index in [0.29, 0.717) is 26.1 Å². The molecule has 0 saturated carbocycles. The van der Waals surface area contributed by atoms with Gasteiger partial charge in [0.1, 0.15) is 5.82 Å². The second-order valence-corrected chi connectivity index (χ2v) is 6.83. The number of hydrogen-bond donors (Lipinski definition) is 1. The van der Waals surface area contributed by atoms with E-state index in [9.17, 15) is 4.79 Å². The first-order chi connectivity index (χ1) is 13.1. The van der Waals surface area contributed by atoms with Crippen LogP contribution in [0.1, 0.15) is 12.1 Å². The fourth-order valence-corrected chi connectivity index (χ4v) is 3.44. The molecule has 1 amide bonds. The van der Waals surface area contributed by atoms with E-state index < -0.39 is 0 Å². The first-order valence-corrected chi connectivity index (χ1v) is 9.10. The number of hydrogen-bond acceptors (Lipinski definition) is 5. The molecule has 1 aliphatic rings. The molecule has 2 aromatic heterocycles. The Balaban J connectivity index is 1.64. The highest BCUT2D eigenvalue weighted by Gasteiger charge is 2.29. The number of aryl methyl sites for hydroxylation is 1. The lowest BCUT2D eigenvalue weighted by atomic mass is 10.1. The van der Waals surface area contributed by atoms with Crippen molar-refractivity contribution in [2.24, 2.45) is 0 Å². The Labute approximate surface area is 158 Å². The van der Waals surface area contributed by atoms with Crippen molar-refractivity contribution in [2.45, 2.75) is 19.4 Å². The summed E-state index contributed by atoms with van der Waals surface area (Å²) in [5, 5.41) is 8.05. The Morgan fingerprint density at radius 3 is 2.85 bits per heavy atom. The summed E-state index contributed by atoms with van der Waals surface area (Å²) in [6.07, 6.45) is 0.467. The van der Waals surface area contributed by atoms with Crippen LogP contribution in [0, 0.1) is 6.92 Å². The summed E-state index contributed by atoms with van der Waals surface area (Å²) < 4.78 is 6.90. The molecule has 1 fully saturated rings. The van der Waals surface area contributed by atoms with Gasteiger partial charge >= 0.3 is 0 Å². The summed E-state index contributed by atoms with van der Waals surface area (Å²) in [7, 11) is 1.65. The van der Waals surface area contributed by atoms with Crippen LogP contribution in [0.4, 0.5) is 5.82 Å². The van der Waals surface area contributed by atoms with Gasteiger partial charge in [0.05, 0.1) is 24.0 Å². The van der Waals surface area contributed by atoms with Gasteiger partial charge in [0.25, 0.3) is 0 Å². The van der Waals surface area contributed by atoms with Crippen LogP contribution in [0.2, 0.25) is 0 Å². The van der Waals surface area contributed by atoms with Crippen molar-refractivity contribution in [3.05, 3.63) is 48.2 Å². The minimum atomic E-state index is 0.0353. The zero-order valence-corrected chi connectivity index (χ0v) is 15.6. The molecule has 27 heavy (non-hydrogen) atoms. The number of ether oxygens (including phenoxy) is 1. The standard InChI is InChI=1S/C20H23N5O2/c1-14-10-18-22-17(15-6-4-3-5-7-15)12-19(25(18)23-14)21-16-11-20(26)24(13-16)8-9-27-2/h3-7,10,12,16,21H,8-9,11,13H2,1-2H3. The fraction of sp³-hybridized carbons (Fsp3) is 0.350. The van der Waals surface area contributed by atoms with Gasteiger partial charge < -0.3 is 15.0 Å². The highest BCUT2D eigenvalue weighted by atomic mass is 16.5. The molecule has 140 valence electrons. The zero-order chi connectivity index (χ0) is 18.8. The SMILES string of the molecule is COCCN1CC(Nc2cc(-c3ccccc3)nc3cc(C)nn23)CC1=O. The number of nitrogens with one attached hydrogen (secondary N) is 1. The van der Waals surface area contributed by atoms with Crippen molar-refractivity contribution in [1.82, 2.24) is 19.5 Å². The van der Waals surface area contributed by atoms with Gasteiger partial charge in [-0.2, -0.15) is 9.61 Å². The van der Waals surface area contributed by atoms with E-state index in [1.165, 1.54) is 0 Å². The maximum atomic E-state index is 12.2. The highest BCUT2D eigenvalue weighted by molar-refractivity contribution is 5.80. The van der Waals surface area contributed by atoms with Crippen LogP contribution in [0.15, 0.2) is 42.5 Å². The molecule has 0 spiro atoms. The lowest BCUT2D eigenvalue weighted by molar-refractivity contribution is -0.128. The lowest BCUT2D eigenvalue weighted by Gasteiger charge is -2.18. The average Bonchev–Trinajstić information content (AvgIpc) is 3.22. The minimum Gasteiger partial charge on any atom is -0.383 e. The number of carbonyl (C=O) groups excluding carboxylic acids is 1. The average molecular weight is 365 g/mol. The minimum absolute atomic E-state index is 0.0353. The Hall–Kier alpha value is -2.93. The van der Waals surface area contributed by atoms with Crippen LogP contribution in [0.5, 0.6) is 0 Å². The molecular formula is C20H23N5O2. The summed E-state index contributed by atoms with van der Waals surface area (Å²) in [5.74, 6) is 0.994. The third-order valence-corrected chi connectivity index (χ3v) is 4.75. The van der Waals surface area contributed by atoms with Gasteiger partial charge in [-0.1, -0.05) is 30.3 Å². The molecule has 1 saturated heterocycles. The molecule has 0 aliphatic carbocycles. The first-order valence-electron chi connectivity index (χ1n) is 9.10. The number of likely N-dealkylation sites (tertiary alicyclic amines) is 1. The van der Waals surface area contributed by atoms with Crippen LogP contribution < -0.4 is 5.32 Å². The van der Waals surface area contributed by atoms with E-state index in [1.807, 2.05) is 58.8 Å². The largest absolute Gasteiger partial charge is 0.383 e. The molecule has 1 atom stereocenters. The van der Waals surface area contributed by atoms with Crippen molar-refractivity contribution in [1.29, 1.82) is 0 Å². The molecular weight excluding hydrogens is 342 g/mol. The number of aromatic nitrogens is 3. The monoisotopic (exact) mass is 365 g/mol. The summed E-state index contributed by atoms with van der Waals surface area (Å²) in [6.45, 7) is 3.78. The quantitative estimate of drug-likeness (QED) is 0.726. The number of nitrogens with zero attached hydrogens (tertiary/aromatic N) is 4. The Morgan fingerprint density at radius 1 is 1.26 bits per heavy atom. The van der Waals surface area contributed by atoms with E-state index in [1.54, 1.807) is 7.11 Å². The molecule has 0 bridgehead atoms. The third kappa shape index (κ3) is 3.64. The van der Waals surface area contributed by atoms with Gasteiger partial charge in [0, 0.05) is 44.3 Å². The predicted molar refractivity (Wildman–Crippen MR) is 104 cm³/mol. The molecule has 1 aromatic carbocycles. The predicted octanol–water partition coefficient (Wildman–Crippen LogP) is 2.36. The van der Waals surface area contributed by atoms with Gasteiger partial charge in [-0.3, -0.25) is 4.79 Å². The molecule has 1 aliphatic heterocycles. The van der Waals surface area contributed by atoms with Gasteiger partial charge in [0.2, 0.25) is 5.91 Å². The zero-order valence-electron chi connectivity index (χ0n) is 15.6. The molecule has 3 aromatic rings. The topological polar surface area (TPSA) is 71.8 Å². The maximum absolute atomic E-state index is 12.2. The third-order valence-electron chi connectivity index (χ3n) is 4.75. The maximum Gasteiger partial charge on any atom is 0.224 e. The number of anilines is 1. The van der Waals surface area contributed by atoms with Crippen LogP contribution in [-0.2, 0) is 9.53 Å². The summed E-state index contributed by atoms with van der Waals surface area (Å²) in [5.41, 5.74) is 3.62. The second kappa shape index (κ2) is 7.36. The van der Waals surface area contributed by atoms with Crippen molar-refractivity contribution < 1.29 is 9.53 Å². The van der Waals surface area contributed by atoms with Crippen molar-refractivity contribution in [3.63, 3.8) is 0 Å². The summed E-state index contributed by atoms with van der Waals surface area (Å²) in [6, 6.07) is 14.1. The number of benzene rings is 1. The van der Waals surface area contributed by atoms with E-state index in [0.717, 1.165) is 28.4 Å². The van der Waals surface area contributed by atoms with Gasteiger partial charge in [-0.15, -0.1) is 0 Å². The number of rotatable bonds is 6. The number of carbonyl (C=O) groups is 1. The van der Waals surface area contributed by atoms with E-state index >= 15 is 0 Å². The fourth-order valence-electron chi connectivity index (χ4n) is 3.44. The first kappa shape index (κ1) is 17.5. The highest BCUT2D eigenvalue weighted by Crippen LogP contribution is 2.24. The molecule has 7 nitrogen and oxygen atoms in total. The van der Waals surface area contributed by atoms with E-state index in [2.05, 4.69) is 10.4 Å². The van der Waals surface area contributed by atoms with Crippen molar-refractivity contribution in [2.75, 3.05) is 32.1 Å². The molecule has 4 rings (SSSR count). The van der Waals surface area contributed by atoms with Crippen molar-refractivity contribution >= 4 is 17.4 Å². The molecule has 7 heteroatoms. The van der Waals surface area contributed by atoms with Crippen LogP contribution in [0.25, 0.3) is 16.9 Å². The Bertz CT molecular complexity index is 954. The number of amides is 1. The van der Waals surface area contributed by atoms with E-state index in [4.69, 9.17) is 9.72 Å². The number of fused-ring (bicyclic) bond motifs is 1. The molecule has 1 unspecified atom stereocenters. The Morgan fingerprint density at radius 2 is 2.07 bits per heavy atom. The van der Waals surface area contributed by atoms with Crippen LogP contribution in [0.3, 0.4) is 0 Å². The van der Waals surface area contributed by atoms with Crippen molar-refractivity contribution in [3.8, 4) is 11.3 Å². The normalized spacial score (nSPS) is 17.0. The van der Waals surface area contributed by atoms with Gasteiger partial charge in [0.15, 0.2) is 5.65 Å². The Kier molecular flexibility index (Phi) is 4.77. The van der Waals surface area contributed by atoms with Gasteiger partial charge in [-0.25, -0.2) is 4.98 Å². The summed E-state index contributed by atoms with van der Waals surface area (Å²) in [4.78, 5) is 18.8. The van der Waals surface area contributed by atoms with Crippen LogP contribution in [-0.4, -0.2) is 58.3 Å². The van der Waals surface area contributed by atoms with E-state index in [-0.39, 0.29) is 11.9 Å². The van der Waals surface area contributed by atoms with Gasteiger partial charge in [-0.05, 0) is 6.92 Å². The smallest absolute Gasteiger partial charge is 0.224 e. The molecule has 0 radical (unpaired) electrons. The lowest BCUT2D eigenvalue weighted by Crippen LogP contribution is -2.31. The van der Waals surface area contributed by atoms with Crippen LogP contribution >= 0.6 is 0 Å². The number of methoxy groups -OCH3 is 1.